The van der Waals surface area contributed by atoms with Crippen molar-refractivity contribution in [2.45, 2.75) is 44.2 Å². The molecule has 33 heavy (non-hydrogen) atoms. The molecule has 1 aliphatic rings. The minimum absolute atomic E-state index is 0.125. The van der Waals surface area contributed by atoms with E-state index in [1.807, 2.05) is 53.2 Å². The highest BCUT2D eigenvalue weighted by atomic mass is 32.1. The Kier molecular flexibility index (Phi) is 7.91. The number of carbonyl (C=O) groups is 3. The van der Waals surface area contributed by atoms with Crippen LogP contribution in [0.1, 0.15) is 52.7 Å². The summed E-state index contributed by atoms with van der Waals surface area (Å²) in [6.07, 6.45) is 5.31. The SMILES string of the molecule is O=C(NCC(=O)N(c1ccccc1)C(C(=O)NC1CCCCC1)c1cccs1)c1cccs1. The minimum atomic E-state index is -0.805. The fourth-order valence-corrected chi connectivity index (χ4v) is 5.56. The third-order valence-corrected chi connectivity index (χ3v) is 7.51. The van der Waals surface area contributed by atoms with Gasteiger partial charge in [0, 0.05) is 16.6 Å². The van der Waals surface area contributed by atoms with Gasteiger partial charge in [0.15, 0.2) is 0 Å². The fraction of sp³-hybridized carbons (Fsp3) is 0.320. The van der Waals surface area contributed by atoms with E-state index in [1.54, 1.807) is 12.1 Å². The van der Waals surface area contributed by atoms with Crippen LogP contribution in [-0.4, -0.2) is 30.3 Å². The van der Waals surface area contributed by atoms with Gasteiger partial charge in [0.25, 0.3) is 5.91 Å². The maximum absolute atomic E-state index is 13.6. The molecule has 2 heterocycles. The van der Waals surface area contributed by atoms with E-state index in [-0.39, 0.29) is 30.3 Å². The van der Waals surface area contributed by atoms with Crippen molar-refractivity contribution in [2.75, 3.05) is 11.4 Å². The molecule has 3 aromatic rings. The zero-order valence-electron chi connectivity index (χ0n) is 18.2. The molecule has 1 saturated carbocycles. The Balaban J connectivity index is 1.60. The fourth-order valence-electron chi connectivity index (χ4n) is 4.11. The number of hydrogen-bond acceptors (Lipinski definition) is 5. The molecule has 1 fully saturated rings. The van der Waals surface area contributed by atoms with E-state index in [1.165, 1.54) is 34.0 Å². The highest BCUT2D eigenvalue weighted by Crippen LogP contribution is 2.31. The Morgan fingerprint density at radius 3 is 2.30 bits per heavy atom. The van der Waals surface area contributed by atoms with E-state index in [0.29, 0.717) is 10.6 Å². The van der Waals surface area contributed by atoms with Gasteiger partial charge in [-0.25, -0.2) is 0 Å². The molecule has 0 radical (unpaired) electrons. The zero-order chi connectivity index (χ0) is 23.0. The number of carbonyl (C=O) groups excluding carboxylic acids is 3. The molecule has 172 valence electrons. The van der Waals surface area contributed by atoms with Gasteiger partial charge in [-0.2, -0.15) is 0 Å². The van der Waals surface area contributed by atoms with Crippen LogP contribution in [0.15, 0.2) is 65.4 Å². The Labute approximate surface area is 201 Å². The van der Waals surface area contributed by atoms with Crippen molar-refractivity contribution >= 4 is 46.1 Å². The van der Waals surface area contributed by atoms with Crippen LogP contribution in [0, 0.1) is 0 Å². The third-order valence-electron chi connectivity index (χ3n) is 5.72. The third kappa shape index (κ3) is 5.89. The summed E-state index contributed by atoms with van der Waals surface area (Å²) in [4.78, 5) is 42.3. The first-order valence-electron chi connectivity index (χ1n) is 11.2. The molecule has 0 bridgehead atoms. The molecule has 0 aliphatic heterocycles. The van der Waals surface area contributed by atoms with E-state index in [2.05, 4.69) is 10.6 Å². The standard InChI is InChI=1S/C25H27N3O3S2/c29-22(17-26-24(30)21-14-8-16-33-21)28(19-11-5-2-6-12-19)23(20-13-7-15-32-20)25(31)27-18-9-3-1-4-10-18/h2,5-8,11-16,18,23H,1,3-4,9-10,17H2,(H,26,30)(H,27,31). The van der Waals surface area contributed by atoms with Crippen LogP contribution in [0.3, 0.4) is 0 Å². The quantitative estimate of drug-likeness (QED) is 0.487. The lowest BCUT2D eigenvalue weighted by Crippen LogP contribution is -2.49. The molecule has 1 unspecified atom stereocenters. The van der Waals surface area contributed by atoms with Crippen LogP contribution < -0.4 is 15.5 Å². The van der Waals surface area contributed by atoms with Crippen LogP contribution in [-0.2, 0) is 9.59 Å². The summed E-state index contributed by atoms with van der Waals surface area (Å²) in [6.45, 7) is -0.204. The number of benzene rings is 1. The summed E-state index contributed by atoms with van der Waals surface area (Å²) in [6, 6.07) is 15.8. The number of para-hydroxylation sites is 1. The molecule has 0 saturated heterocycles. The molecule has 1 aliphatic carbocycles. The second-order valence-electron chi connectivity index (χ2n) is 8.02. The molecule has 4 rings (SSSR count). The minimum Gasteiger partial charge on any atom is -0.351 e. The van der Waals surface area contributed by atoms with Gasteiger partial charge in [-0.05, 0) is 47.9 Å². The second kappa shape index (κ2) is 11.2. The first-order valence-corrected chi connectivity index (χ1v) is 12.9. The van der Waals surface area contributed by atoms with E-state index >= 15 is 0 Å². The number of hydrogen-bond donors (Lipinski definition) is 2. The second-order valence-corrected chi connectivity index (χ2v) is 9.95. The highest BCUT2D eigenvalue weighted by Gasteiger charge is 2.34. The van der Waals surface area contributed by atoms with Crippen LogP contribution >= 0.6 is 22.7 Å². The number of amides is 3. The van der Waals surface area contributed by atoms with Gasteiger partial charge in [-0.15, -0.1) is 22.7 Å². The van der Waals surface area contributed by atoms with Crippen molar-refractivity contribution in [2.24, 2.45) is 0 Å². The maximum atomic E-state index is 13.6. The van der Waals surface area contributed by atoms with Crippen molar-refractivity contribution in [3.63, 3.8) is 0 Å². The topological polar surface area (TPSA) is 78.5 Å². The predicted octanol–water partition coefficient (Wildman–Crippen LogP) is 4.76. The molecule has 0 spiro atoms. The predicted molar refractivity (Wildman–Crippen MR) is 133 cm³/mol. The van der Waals surface area contributed by atoms with E-state index in [0.717, 1.165) is 30.6 Å². The summed E-state index contributed by atoms with van der Waals surface area (Å²) < 4.78 is 0. The largest absolute Gasteiger partial charge is 0.351 e. The number of nitrogens with zero attached hydrogens (tertiary/aromatic N) is 1. The first-order chi connectivity index (χ1) is 16.1. The average Bonchev–Trinajstić information content (AvgIpc) is 3.56. The maximum Gasteiger partial charge on any atom is 0.261 e. The van der Waals surface area contributed by atoms with Crippen molar-refractivity contribution in [3.8, 4) is 0 Å². The smallest absolute Gasteiger partial charge is 0.261 e. The molecular formula is C25H27N3O3S2. The highest BCUT2D eigenvalue weighted by molar-refractivity contribution is 7.12. The van der Waals surface area contributed by atoms with Gasteiger partial charge in [0.2, 0.25) is 11.8 Å². The van der Waals surface area contributed by atoms with Gasteiger partial charge >= 0.3 is 0 Å². The Hall–Kier alpha value is -2.97. The lowest BCUT2D eigenvalue weighted by Gasteiger charge is -2.32. The summed E-state index contributed by atoms with van der Waals surface area (Å²) >= 11 is 2.76. The van der Waals surface area contributed by atoms with Crippen molar-refractivity contribution in [1.82, 2.24) is 10.6 Å². The Bertz CT molecular complexity index is 1050. The monoisotopic (exact) mass is 481 g/mol. The van der Waals surface area contributed by atoms with Gasteiger partial charge in [-0.1, -0.05) is 49.6 Å². The molecule has 2 N–H and O–H groups in total. The van der Waals surface area contributed by atoms with Crippen LogP contribution in [0.5, 0.6) is 0 Å². The van der Waals surface area contributed by atoms with Crippen LogP contribution in [0.4, 0.5) is 5.69 Å². The molecule has 8 heteroatoms. The molecular weight excluding hydrogens is 454 g/mol. The van der Waals surface area contributed by atoms with E-state index in [4.69, 9.17) is 0 Å². The Morgan fingerprint density at radius 2 is 1.64 bits per heavy atom. The summed E-state index contributed by atoms with van der Waals surface area (Å²) in [5.74, 6) is -0.833. The number of anilines is 1. The van der Waals surface area contributed by atoms with Crippen LogP contribution in [0.25, 0.3) is 0 Å². The van der Waals surface area contributed by atoms with Gasteiger partial charge < -0.3 is 10.6 Å². The average molecular weight is 482 g/mol. The molecule has 3 amide bonds. The molecule has 1 aromatic carbocycles. The summed E-state index contributed by atoms with van der Waals surface area (Å²) in [7, 11) is 0. The molecule has 6 nitrogen and oxygen atoms in total. The van der Waals surface area contributed by atoms with Crippen molar-refractivity contribution in [1.29, 1.82) is 0 Å². The lowest BCUT2D eigenvalue weighted by atomic mass is 9.95. The van der Waals surface area contributed by atoms with Crippen LogP contribution in [0.2, 0.25) is 0 Å². The van der Waals surface area contributed by atoms with Gasteiger partial charge in [0.1, 0.15) is 6.04 Å². The first kappa shape index (κ1) is 23.2. The summed E-state index contributed by atoms with van der Waals surface area (Å²) in [5, 5.41) is 9.62. The normalized spacial score (nSPS) is 14.9. The Morgan fingerprint density at radius 1 is 0.909 bits per heavy atom. The number of rotatable bonds is 8. The van der Waals surface area contributed by atoms with Crippen molar-refractivity contribution in [3.05, 3.63) is 75.1 Å². The number of thiophene rings is 2. The van der Waals surface area contributed by atoms with E-state index in [9.17, 15) is 14.4 Å². The summed E-state index contributed by atoms with van der Waals surface area (Å²) in [5.41, 5.74) is 0.616. The van der Waals surface area contributed by atoms with Gasteiger partial charge in [0.05, 0.1) is 11.4 Å². The molecule has 1 atom stereocenters. The molecule has 2 aromatic heterocycles. The number of nitrogens with one attached hydrogen (secondary N) is 2. The van der Waals surface area contributed by atoms with Gasteiger partial charge in [-0.3, -0.25) is 19.3 Å². The zero-order valence-corrected chi connectivity index (χ0v) is 19.9. The lowest BCUT2D eigenvalue weighted by molar-refractivity contribution is -0.126. The van der Waals surface area contributed by atoms with E-state index < -0.39 is 6.04 Å². The van der Waals surface area contributed by atoms with Crippen molar-refractivity contribution < 1.29 is 14.4 Å².